The lowest BCUT2D eigenvalue weighted by molar-refractivity contribution is -0.139. The molecule has 0 fully saturated rings. The molecule has 11 heteroatoms. The minimum atomic E-state index is -0.913. The monoisotopic (exact) mass is 488 g/mol. The predicted octanol–water partition coefficient (Wildman–Crippen LogP) is 3.37. The van der Waals surface area contributed by atoms with Gasteiger partial charge in [-0.3, -0.25) is 14.4 Å². The predicted molar refractivity (Wildman–Crippen MR) is 123 cm³/mol. The number of hydrazone groups is 1. The lowest BCUT2D eigenvalue weighted by atomic mass is 10.2. The number of carbonyl (C=O) groups is 3. The van der Waals surface area contributed by atoms with Crippen molar-refractivity contribution in [2.75, 3.05) is 11.9 Å². The van der Waals surface area contributed by atoms with Gasteiger partial charge in [0, 0.05) is 0 Å². The molecule has 0 spiro atoms. The molecule has 0 aliphatic carbocycles. The molecule has 3 amide bonds. The minimum Gasteiger partial charge on any atom is -0.484 e. The second-order valence-corrected chi connectivity index (χ2v) is 7.25. The van der Waals surface area contributed by atoms with Crippen molar-refractivity contribution < 1.29 is 23.5 Å². The first kappa shape index (κ1) is 23.8. The van der Waals surface area contributed by atoms with E-state index in [-0.39, 0.29) is 18.2 Å². The highest BCUT2D eigenvalue weighted by Crippen LogP contribution is 2.29. The number of nitrogens with zero attached hydrogens (tertiary/aromatic N) is 1. The van der Waals surface area contributed by atoms with Crippen LogP contribution < -0.4 is 20.8 Å². The molecule has 9 nitrogen and oxygen atoms in total. The van der Waals surface area contributed by atoms with Crippen LogP contribution in [0.5, 0.6) is 5.75 Å². The Bertz CT molecular complexity index is 1150. The zero-order valence-corrected chi connectivity index (χ0v) is 18.5. The Balaban J connectivity index is 1.41. The Morgan fingerprint density at radius 1 is 1.00 bits per heavy atom. The van der Waals surface area contributed by atoms with Gasteiger partial charge in [-0.15, -0.1) is 0 Å². The topological polar surface area (TPSA) is 122 Å². The number of hydrogen-bond acceptors (Lipinski definition) is 6. The summed E-state index contributed by atoms with van der Waals surface area (Å²) in [6, 6.07) is 14.8. The molecule has 33 heavy (non-hydrogen) atoms. The van der Waals surface area contributed by atoms with Crippen molar-refractivity contribution in [3.63, 3.8) is 0 Å². The summed E-state index contributed by atoms with van der Waals surface area (Å²) in [6.07, 6.45) is 2.82. The number of halogens is 2. The Morgan fingerprint density at radius 2 is 1.79 bits per heavy atom. The van der Waals surface area contributed by atoms with Gasteiger partial charge in [-0.2, -0.15) is 5.10 Å². The van der Waals surface area contributed by atoms with Crippen LogP contribution in [0.3, 0.4) is 0 Å². The maximum absolute atomic E-state index is 12.1. The van der Waals surface area contributed by atoms with E-state index in [1.807, 2.05) is 0 Å². The summed E-state index contributed by atoms with van der Waals surface area (Å²) in [5.41, 5.74) is 3.15. The van der Waals surface area contributed by atoms with Gasteiger partial charge >= 0.3 is 11.8 Å². The highest BCUT2D eigenvalue weighted by atomic mass is 35.5. The molecule has 1 heterocycles. The first-order valence-corrected chi connectivity index (χ1v) is 10.3. The van der Waals surface area contributed by atoms with E-state index < -0.39 is 17.7 Å². The Hall–Kier alpha value is -3.82. The number of ether oxygens (including phenoxy) is 1. The third kappa shape index (κ3) is 7.37. The highest BCUT2D eigenvalue weighted by Gasteiger charge is 2.12. The molecule has 2 aromatic carbocycles. The number of rotatable bonds is 8. The Labute approximate surface area is 198 Å². The van der Waals surface area contributed by atoms with Crippen LogP contribution in [-0.4, -0.2) is 30.5 Å². The van der Waals surface area contributed by atoms with Gasteiger partial charge < -0.3 is 19.8 Å². The van der Waals surface area contributed by atoms with Crippen LogP contribution in [0.1, 0.15) is 11.3 Å². The van der Waals surface area contributed by atoms with E-state index in [1.54, 1.807) is 54.6 Å². The van der Waals surface area contributed by atoms with Gasteiger partial charge in [0.2, 0.25) is 0 Å². The number of carbonyl (C=O) groups excluding carboxylic acids is 3. The number of nitrogens with one attached hydrogen (secondary N) is 3. The molecule has 3 aromatic rings. The normalized spacial score (nSPS) is 10.6. The van der Waals surface area contributed by atoms with Crippen LogP contribution in [0.2, 0.25) is 10.0 Å². The molecule has 0 radical (unpaired) electrons. The van der Waals surface area contributed by atoms with Crippen LogP contribution >= 0.6 is 23.2 Å². The van der Waals surface area contributed by atoms with E-state index in [4.69, 9.17) is 32.4 Å². The van der Waals surface area contributed by atoms with Gasteiger partial charge in [0.15, 0.2) is 6.61 Å². The zero-order valence-electron chi connectivity index (χ0n) is 17.0. The fourth-order valence-corrected chi connectivity index (χ4v) is 2.81. The van der Waals surface area contributed by atoms with Crippen LogP contribution in [0.4, 0.5) is 5.69 Å². The molecule has 0 bridgehead atoms. The van der Waals surface area contributed by atoms with Crippen molar-refractivity contribution in [1.82, 2.24) is 10.7 Å². The third-order valence-electron chi connectivity index (χ3n) is 4.06. The maximum Gasteiger partial charge on any atom is 0.329 e. The molecule has 1 aromatic heterocycles. The van der Waals surface area contributed by atoms with Crippen molar-refractivity contribution >= 4 is 52.8 Å². The lowest BCUT2D eigenvalue weighted by Gasteiger charge is -2.09. The van der Waals surface area contributed by atoms with E-state index >= 15 is 0 Å². The molecule has 170 valence electrons. The summed E-state index contributed by atoms with van der Waals surface area (Å²) in [7, 11) is 0. The van der Waals surface area contributed by atoms with Gasteiger partial charge in [0.25, 0.3) is 5.91 Å². The molecule has 0 atom stereocenters. The standard InChI is InChI=1S/C22H18Cl2N4O5/c23-17-4-1-5-18(20(17)24)27-19(29)13-33-15-8-6-14(7-9-15)11-26-28-22(31)21(30)25-12-16-3-2-10-32-16/h1-11H,12-13H2,(H,25,30)(H,27,29)(H,28,31)/b26-11-. The number of anilines is 1. The van der Waals surface area contributed by atoms with Gasteiger partial charge in [0.05, 0.1) is 34.8 Å². The van der Waals surface area contributed by atoms with Crippen LogP contribution in [0.25, 0.3) is 0 Å². The molecular weight excluding hydrogens is 471 g/mol. The van der Waals surface area contributed by atoms with Crippen LogP contribution in [0.15, 0.2) is 70.4 Å². The first-order chi connectivity index (χ1) is 15.9. The summed E-state index contributed by atoms with van der Waals surface area (Å²) in [6.45, 7) is -0.145. The Morgan fingerprint density at radius 3 is 2.52 bits per heavy atom. The number of furan rings is 1. The van der Waals surface area contributed by atoms with E-state index in [0.29, 0.717) is 27.8 Å². The van der Waals surface area contributed by atoms with E-state index in [1.165, 1.54) is 12.5 Å². The summed E-state index contributed by atoms with van der Waals surface area (Å²) in [5.74, 6) is -1.19. The van der Waals surface area contributed by atoms with E-state index in [2.05, 4.69) is 21.2 Å². The second-order valence-electron chi connectivity index (χ2n) is 6.47. The summed E-state index contributed by atoms with van der Waals surface area (Å²) in [5, 5.41) is 9.34. The Kier molecular flexibility index (Phi) is 8.45. The zero-order chi connectivity index (χ0) is 23.6. The van der Waals surface area contributed by atoms with Gasteiger partial charge in [-0.25, -0.2) is 5.43 Å². The molecule has 0 saturated carbocycles. The average molecular weight is 489 g/mol. The molecule has 0 aliphatic heterocycles. The molecule has 0 saturated heterocycles. The average Bonchev–Trinajstić information content (AvgIpc) is 3.33. The maximum atomic E-state index is 12.1. The molecule has 0 unspecified atom stereocenters. The van der Waals surface area contributed by atoms with E-state index in [9.17, 15) is 14.4 Å². The van der Waals surface area contributed by atoms with Gasteiger partial charge in [-0.1, -0.05) is 29.3 Å². The van der Waals surface area contributed by atoms with Crippen molar-refractivity contribution in [3.8, 4) is 5.75 Å². The largest absolute Gasteiger partial charge is 0.484 e. The second kappa shape index (κ2) is 11.7. The van der Waals surface area contributed by atoms with Crippen LogP contribution in [0, 0.1) is 0 Å². The first-order valence-electron chi connectivity index (χ1n) is 9.52. The number of amides is 3. The third-order valence-corrected chi connectivity index (χ3v) is 4.88. The van der Waals surface area contributed by atoms with Crippen LogP contribution in [-0.2, 0) is 20.9 Å². The summed E-state index contributed by atoms with van der Waals surface area (Å²) in [4.78, 5) is 35.5. The summed E-state index contributed by atoms with van der Waals surface area (Å²) < 4.78 is 10.5. The number of benzene rings is 2. The SMILES string of the molecule is O=C(COc1ccc(/C=N\NC(=O)C(=O)NCc2ccco2)cc1)Nc1cccc(Cl)c1Cl. The fourth-order valence-electron chi connectivity index (χ4n) is 2.46. The van der Waals surface area contributed by atoms with Gasteiger partial charge in [0.1, 0.15) is 11.5 Å². The van der Waals surface area contributed by atoms with Crippen molar-refractivity contribution in [2.45, 2.75) is 6.54 Å². The lowest BCUT2D eigenvalue weighted by Crippen LogP contribution is -2.37. The molecule has 3 rings (SSSR count). The summed E-state index contributed by atoms with van der Waals surface area (Å²) >= 11 is 12.0. The molecular formula is C22H18Cl2N4O5. The van der Waals surface area contributed by atoms with Crippen molar-refractivity contribution in [1.29, 1.82) is 0 Å². The van der Waals surface area contributed by atoms with Gasteiger partial charge in [-0.05, 0) is 54.1 Å². The minimum absolute atomic E-state index is 0.0919. The smallest absolute Gasteiger partial charge is 0.329 e. The van der Waals surface area contributed by atoms with Crippen molar-refractivity contribution in [2.24, 2.45) is 5.10 Å². The molecule has 0 aliphatic rings. The quantitative estimate of drug-likeness (QED) is 0.255. The highest BCUT2D eigenvalue weighted by molar-refractivity contribution is 6.44. The fraction of sp³-hybridized carbons (Fsp3) is 0.0909. The van der Waals surface area contributed by atoms with E-state index in [0.717, 1.165) is 0 Å². The molecule has 3 N–H and O–H groups in total. The number of hydrogen-bond donors (Lipinski definition) is 3. The van der Waals surface area contributed by atoms with Crippen molar-refractivity contribution in [3.05, 3.63) is 82.2 Å².